The van der Waals surface area contributed by atoms with Gasteiger partial charge in [0.15, 0.2) is 0 Å². The zero-order valence-electron chi connectivity index (χ0n) is 34.2. The number of nitrogens with one attached hydrogen (secondary N) is 2. The lowest BCUT2D eigenvalue weighted by molar-refractivity contribution is -0.144. The largest absolute Gasteiger partial charge is 0.391 e. The molecule has 0 aliphatic carbocycles. The van der Waals surface area contributed by atoms with Crippen LogP contribution in [0, 0.1) is 19.3 Å². The van der Waals surface area contributed by atoms with Gasteiger partial charge in [-0.3, -0.25) is 18.6 Å². The lowest BCUT2D eigenvalue weighted by Gasteiger charge is -2.35. The predicted molar refractivity (Wildman–Crippen MR) is 219 cm³/mol. The van der Waals surface area contributed by atoms with Crippen LogP contribution in [0.5, 0.6) is 0 Å². The van der Waals surface area contributed by atoms with Gasteiger partial charge in [-0.25, -0.2) is 4.98 Å². The summed E-state index contributed by atoms with van der Waals surface area (Å²) in [7, 11) is -3.83. The molecule has 320 valence electrons. The van der Waals surface area contributed by atoms with Crippen molar-refractivity contribution < 1.29 is 51.0 Å². The maximum absolute atomic E-state index is 13.9. The quantitative estimate of drug-likeness (QED) is 0.0922. The molecule has 3 aromatic rings. The fourth-order valence-corrected chi connectivity index (χ4v) is 7.86. The second-order valence-corrected chi connectivity index (χ2v) is 17.6. The van der Waals surface area contributed by atoms with Crippen LogP contribution in [0.4, 0.5) is 0 Å². The molecule has 0 radical (unpaired) electrons. The molecule has 0 saturated carbocycles. The summed E-state index contributed by atoms with van der Waals surface area (Å²) in [5, 5.41) is 16.4. The number of nitrogens with zero attached hydrogens (tertiary/aromatic N) is 2. The number of thiazole rings is 1. The van der Waals surface area contributed by atoms with Gasteiger partial charge in [-0.05, 0) is 49.4 Å². The molecule has 4 atom stereocenters. The molecule has 4 rings (SSSR count). The highest BCUT2D eigenvalue weighted by atomic mass is 32.2. The maximum Gasteiger partial charge on any atom is 0.297 e. The average molecular weight is 847 g/mol. The van der Waals surface area contributed by atoms with Crippen LogP contribution in [0.15, 0.2) is 58.9 Å². The fourth-order valence-electron chi connectivity index (χ4n) is 6.15. The first-order valence-corrected chi connectivity index (χ1v) is 21.7. The van der Waals surface area contributed by atoms with Gasteiger partial charge >= 0.3 is 0 Å². The topological polar surface area (TPSA) is 192 Å². The molecule has 58 heavy (non-hydrogen) atoms. The van der Waals surface area contributed by atoms with Crippen LogP contribution in [0.2, 0.25) is 0 Å². The number of benzene rings is 2. The highest BCUT2D eigenvalue weighted by Gasteiger charge is 2.44. The normalized spacial score (nSPS) is 16.9. The molecule has 0 bridgehead atoms. The van der Waals surface area contributed by atoms with Gasteiger partial charge in [-0.15, -0.1) is 11.3 Å². The number of aliphatic hydroxyl groups is 1. The molecule has 3 N–H and O–H groups in total. The Morgan fingerprint density at radius 1 is 0.862 bits per heavy atom. The molecule has 3 amide bonds. The standard InChI is InChI=1S/C41H58N4O11S2/c1-28-7-13-34(14-8-28)58(50,51)56-24-23-55-22-21-54-20-19-53-18-17-52-16-15-36(47)44-38(41(4,5)6)40(49)45-26-33(46)25-35(45)39(48)43-29(2)31-9-11-32(12-10-31)37-30(3)42-27-57-37/h7-14,27,29,33,35,38,46H,15-26H2,1-6H3,(H,43,48)(H,44,47)/t29?,33-,35+,38?/m1/s1. The van der Waals surface area contributed by atoms with Crippen molar-refractivity contribution in [3.8, 4) is 10.4 Å². The molecule has 1 aromatic heterocycles. The minimum absolute atomic E-state index is 0.0112. The Labute approximate surface area is 345 Å². The molecule has 1 aliphatic rings. The molecule has 17 heteroatoms. The number of aromatic nitrogens is 1. The molecule has 15 nitrogen and oxygen atoms in total. The van der Waals surface area contributed by atoms with Crippen LogP contribution in [0.25, 0.3) is 10.4 Å². The van der Waals surface area contributed by atoms with E-state index in [2.05, 4.69) is 15.6 Å². The molecule has 2 aromatic carbocycles. The average Bonchev–Trinajstić information content (AvgIpc) is 3.80. The van der Waals surface area contributed by atoms with E-state index >= 15 is 0 Å². The van der Waals surface area contributed by atoms with Crippen LogP contribution in [-0.2, 0) is 47.6 Å². The molecular formula is C41H58N4O11S2. The van der Waals surface area contributed by atoms with Crippen molar-refractivity contribution in [1.82, 2.24) is 20.5 Å². The number of amides is 3. The number of aryl methyl sites for hydroxylation is 2. The van der Waals surface area contributed by atoms with Crippen molar-refractivity contribution in [2.24, 2.45) is 5.41 Å². The summed E-state index contributed by atoms with van der Waals surface area (Å²) in [5.74, 6) is -1.19. The van der Waals surface area contributed by atoms with Gasteiger partial charge in [0.05, 0.1) is 92.6 Å². The van der Waals surface area contributed by atoms with Crippen LogP contribution >= 0.6 is 11.3 Å². The van der Waals surface area contributed by atoms with E-state index in [0.717, 1.165) is 27.3 Å². The monoisotopic (exact) mass is 846 g/mol. The summed E-state index contributed by atoms with van der Waals surface area (Å²) >= 11 is 1.57. The van der Waals surface area contributed by atoms with Crippen LogP contribution in [-0.4, -0.2) is 125 Å². The lowest BCUT2D eigenvalue weighted by atomic mass is 9.85. The summed E-state index contributed by atoms with van der Waals surface area (Å²) in [6.07, 6.45) is -0.770. The summed E-state index contributed by atoms with van der Waals surface area (Å²) in [4.78, 5) is 47.3. The van der Waals surface area contributed by atoms with Gasteiger partial charge in [-0.1, -0.05) is 62.7 Å². The fraction of sp³-hybridized carbons (Fsp3) is 0.561. The molecular weight excluding hydrogens is 789 g/mol. The van der Waals surface area contributed by atoms with Gasteiger partial charge < -0.3 is 39.6 Å². The van der Waals surface area contributed by atoms with Crippen molar-refractivity contribution in [2.45, 2.75) is 83.5 Å². The first kappa shape index (κ1) is 46.9. The minimum atomic E-state index is -3.83. The number of carbonyl (C=O) groups excluding carboxylic acids is 3. The zero-order valence-corrected chi connectivity index (χ0v) is 35.9. The van der Waals surface area contributed by atoms with Crippen molar-refractivity contribution >= 4 is 39.2 Å². The summed E-state index contributed by atoms with van der Waals surface area (Å²) in [6, 6.07) is 12.1. The first-order valence-electron chi connectivity index (χ1n) is 19.4. The molecule has 2 heterocycles. The number of aliphatic hydroxyl groups excluding tert-OH is 1. The van der Waals surface area contributed by atoms with Crippen molar-refractivity contribution in [3.63, 3.8) is 0 Å². The van der Waals surface area contributed by atoms with Crippen LogP contribution in [0.3, 0.4) is 0 Å². The third kappa shape index (κ3) is 14.5. The Morgan fingerprint density at radius 2 is 1.43 bits per heavy atom. The Hall–Kier alpha value is -3.81. The second-order valence-electron chi connectivity index (χ2n) is 15.2. The second kappa shape index (κ2) is 22.5. The van der Waals surface area contributed by atoms with Crippen LogP contribution in [0.1, 0.15) is 63.4 Å². The first-order chi connectivity index (χ1) is 27.6. The summed E-state index contributed by atoms with van der Waals surface area (Å²) in [5.41, 5.74) is 4.98. The number of carbonyl (C=O) groups is 3. The van der Waals surface area contributed by atoms with Crippen molar-refractivity contribution in [1.29, 1.82) is 0 Å². The maximum atomic E-state index is 13.9. The van der Waals surface area contributed by atoms with E-state index < -0.39 is 39.6 Å². The summed E-state index contributed by atoms with van der Waals surface area (Å²) < 4.78 is 51.2. The molecule has 1 saturated heterocycles. The van der Waals surface area contributed by atoms with E-state index in [1.165, 1.54) is 17.0 Å². The highest BCUT2D eigenvalue weighted by Crippen LogP contribution is 2.29. The van der Waals surface area contributed by atoms with Gasteiger partial charge in [0.25, 0.3) is 10.1 Å². The van der Waals surface area contributed by atoms with Gasteiger partial charge in [-0.2, -0.15) is 8.42 Å². The van der Waals surface area contributed by atoms with E-state index in [0.29, 0.717) is 19.8 Å². The highest BCUT2D eigenvalue weighted by molar-refractivity contribution is 7.86. The molecule has 0 spiro atoms. The number of β-amino-alcohol motifs (C(OH)–C–C–N with tert-alkyl or cyclic N) is 1. The number of hydrogen-bond acceptors (Lipinski definition) is 13. The van der Waals surface area contributed by atoms with E-state index in [9.17, 15) is 27.9 Å². The smallest absolute Gasteiger partial charge is 0.297 e. The van der Waals surface area contributed by atoms with E-state index in [1.54, 1.807) is 23.5 Å². The summed E-state index contributed by atoms with van der Waals surface area (Å²) in [6.45, 7) is 13.0. The van der Waals surface area contributed by atoms with E-state index in [1.807, 2.05) is 71.3 Å². The van der Waals surface area contributed by atoms with E-state index in [4.69, 9.17) is 23.1 Å². The Bertz CT molecular complexity index is 1870. The van der Waals surface area contributed by atoms with E-state index in [-0.39, 0.29) is 81.8 Å². The minimum Gasteiger partial charge on any atom is -0.391 e. The van der Waals surface area contributed by atoms with Crippen molar-refractivity contribution in [3.05, 3.63) is 70.9 Å². The third-order valence-electron chi connectivity index (χ3n) is 9.43. The number of ether oxygens (including phenoxy) is 4. The molecule has 1 aliphatic heterocycles. The van der Waals surface area contributed by atoms with Crippen molar-refractivity contribution in [2.75, 3.05) is 66.0 Å². The number of likely N-dealkylation sites (tertiary alicyclic amines) is 1. The predicted octanol–water partition coefficient (Wildman–Crippen LogP) is 3.96. The van der Waals surface area contributed by atoms with Gasteiger partial charge in [0.2, 0.25) is 17.7 Å². The SMILES string of the molecule is Cc1ccc(S(=O)(=O)OCCOCCOCCOCCOCCC(=O)NC(C(=O)N2C[C@H](O)C[C@H]2C(=O)NC(C)c2ccc(-c3scnc3C)cc2)C(C)(C)C)cc1. The van der Waals surface area contributed by atoms with Crippen LogP contribution < -0.4 is 10.6 Å². The zero-order chi connectivity index (χ0) is 42.3. The number of rotatable bonds is 23. The Morgan fingerprint density at radius 3 is 1.98 bits per heavy atom. The Balaban J connectivity index is 1.09. The third-order valence-corrected chi connectivity index (χ3v) is 11.7. The van der Waals surface area contributed by atoms with Gasteiger partial charge in [0.1, 0.15) is 12.1 Å². The Kier molecular flexibility index (Phi) is 18.2. The lowest BCUT2D eigenvalue weighted by Crippen LogP contribution is -2.58. The molecule has 2 unspecified atom stereocenters. The number of hydrogen-bond donors (Lipinski definition) is 3. The van der Waals surface area contributed by atoms with Gasteiger partial charge in [0, 0.05) is 19.4 Å². The molecule has 1 fully saturated rings.